The van der Waals surface area contributed by atoms with Crippen LogP contribution in [0.5, 0.6) is 0 Å². The molecule has 4 nitrogen and oxygen atoms in total. The van der Waals surface area contributed by atoms with Gasteiger partial charge in [0.05, 0.1) is 5.69 Å². The zero-order chi connectivity index (χ0) is 12.3. The molecule has 2 N–H and O–H groups in total. The molecular formula is C12H16N4S. The van der Waals surface area contributed by atoms with Gasteiger partial charge in [-0.15, -0.1) is 0 Å². The van der Waals surface area contributed by atoms with Gasteiger partial charge in [-0.05, 0) is 19.3 Å². The summed E-state index contributed by atoms with van der Waals surface area (Å²) in [5, 5.41) is 10.3. The normalized spacial score (nSPS) is 16.0. The number of aryl methyl sites for hydroxylation is 1. The Bertz CT molecular complexity index is 447. The van der Waals surface area contributed by atoms with Crippen molar-refractivity contribution in [2.75, 3.05) is 5.73 Å². The first-order valence-corrected chi connectivity index (χ1v) is 6.85. The smallest absolute Gasteiger partial charge is 0.190 e. The average molecular weight is 248 g/mol. The first kappa shape index (κ1) is 12.2. The molecule has 0 spiro atoms. The van der Waals surface area contributed by atoms with Gasteiger partial charge in [0, 0.05) is 5.25 Å². The Labute approximate surface area is 106 Å². The van der Waals surface area contributed by atoms with Gasteiger partial charge in [-0.2, -0.15) is 5.26 Å². The second-order valence-electron chi connectivity index (χ2n) is 4.20. The molecule has 1 heterocycles. The third-order valence-electron chi connectivity index (χ3n) is 3.01. The second kappa shape index (κ2) is 5.37. The number of thioether (sulfide) groups is 1. The van der Waals surface area contributed by atoms with Gasteiger partial charge in [-0.1, -0.05) is 31.5 Å². The molecule has 1 saturated carbocycles. The van der Waals surface area contributed by atoms with Gasteiger partial charge < -0.3 is 5.73 Å². The van der Waals surface area contributed by atoms with Crippen molar-refractivity contribution in [2.45, 2.75) is 49.4 Å². The van der Waals surface area contributed by atoms with E-state index in [2.05, 4.69) is 16.0 Å². The molecule has 0 aliphatic heterocycles. The van der Waals surface area contributed by atoms with Gasteiger partial charge in [0.15, 0.2) is 5.16 Å². The number of hydrogen-bond acceptors (Lipinski definition) is 5. The molecule has 1 aliphatic carbocycles. The van der Waals surface area contributed by atoms with Crippen molar-refractivity contribution in [3.63, 3.8) is 0 Å². The van der Waals surface area contributed by atoms with E-state index in [0.29, 0.717) is 23.1 Å². The molecule has 17 heavy (non-hydrogen) atoms. The lowest BCUT2D eigenvalue weighted by molar-refractivity contribution is 0.860. The number of nitrogens with zero attached hydrogens (tertiary/aromatic N) is 3. The highest BCUT2D eigenvalue weighted by Gasteiger charge is 2.19. The van der Waals surface area contributed by atoms with Crippen LogP contribution in [0.4, 0.5) is 5.82 Å². The van der Waals surface area contributed by atoms with E-state index in [1.54, 1.807) is 11.8 Å². The first-order valence-electron chi connectivity index (χ1n) is 5.97. The molecule has 1 aliphatic rings. The molecule has 90 valence electrons. The van der Waals surface area contributed by atoms with Crippen LogP contribution < -0.4 is 5.73 Å². The van der Waals surface area contributed by atoms with Crippen molar-refractivity contribution in [1.29, 1.82) is 5.26 Å². The summed E-state index contributed by atoms with van der Waals surface area (Å²) in [6.07, 6.45) is 5.77. The first-order chi connectivity index (χ1) is 8.24. The molecule has 0 atom stereocenters. The van der Waals surface area contributed by atoms with Gasteiger partial charge in [0.2, 0.25) is 0 Å². The van der Waals surface area contributed by atoms with Gasteiger partial charge in [0.1, 0.15) is 17.5 Å². The maximum atomic E-state index is 8.99. The van der Waals surface area contributed by atoms with Crippen molar-refractivity contribution in [1.82, 2.24) is 9.97 Å². The minimum Gasteiger partial charge on any atom is -0.382 e. The monoisotopic (exact) mass is 248 g/mol. The Kier molecular flexibility index (Phi) is 3.85. The van der Waals surface area contributed by atoms with Crippen LogP contribution in [0.15, 0.2) is 5.16 Å². The third kappa shape index (κ3) is 2.70. The molecule has 0 aromatic carbocycles. The zero-order valence-electron chi connectivity index (χ0n) is 9.94. The Balaban J connectivity index is 2.23. The van der Waals surface area contributed by atoms with Crippen molar-refractivity contribution in [3.05, 3.63) is 11.3 Å². The van der Waals surface area contributed by atoms with Crippen LogP contribution in [0.1, 0.15) is 43.9 Å². The Morgan fingerprint density at radius 1 is 1.41 bits per heavy atom. The SMILES string of the molecule is CCc1nc(SC2CCCC2)nc(N)c1C#N. The number of aromatic nitrogens is 2. The molecule has 0 unspecified atom stereocenters. The Morgan fingerprint density at radius 2 is 2.12 bits per heavy atom. The average Bonchev–Trinajstić information content (AvgIpc) is 2.81. The van der Waals surface area contributed by atoms with Crippen molar-refractivity contribution in [3.8, 4) is 6.07 Å². The summed E-state index contributed by atoms with van der Waals surface area (Å²) in [5.41, 5.74) is 6.99. The Morgan fingerprint density at radius 3 is 2.71 bits per heavy atom. The van der Waals surface area contributed by atoms with E-state index in [-0.39, 0.29) is 0 Å². The lowest BCUT2D eigenvalue weighted by Crippen LogP contribution is -2.06. The van der Waals surface area contributed by atoms with Gasteiger partial charge in [0.25, 0.3) is 0 Å². The predicted molar refractivity (Wildman–Crippen MR) is 68.7 cm³/mol. The maximum absolute atomic E-state index is 8.99. The Hall–Kier alpha value is -1.28. The molecular weight excluding hydrogens is 232 g/mol. The molecule has 1 aromatic heterocycles. The standard InChI is InChI=1S/C12H16N4S/c1-2-10-9(7-13)11(14)16-12(15-10)17-8-5-3-4-6-8/h8H,2-6H2,1H3,(H2,14,15,16). The summed E-state index contributed by atoms with van der Waals surface area (Å²) in [6, 6.07) is 2.08. The zero-order valence-corrected chi connectivity index (χ0v) is 10.8. The molecule has 0 bridgehead atoms. The van der Waals surface area contributed by atoms with E-state index in [1.807, 2.05) is 6.92 Å². The fourth-order valence-electron chi connectivity index (χ4n) is 2.09. The van der Waals surface area contributed by atoms with E-state index in [9.17, 15) is 0 Å². The highest BCUT2D eigenvalue weighted by Crippen LogP contribution is 2.33. The minimum absolute atomic E-state index is 0.319. The van der Waals surface area contributed by atoms with Crippen LogP contribution in [-0.2, 0) is 6.42 Å². The second-order valence-corrected chi connectivity index (χ2v) is 5.47. The lowest BCUT2D eigenvalue weighted by Gasteiger charge is -2.10. The van der Waals surface area contributed by atoms with Gasteiger partial charge >= 0.3 is 0 Å². The molecule has 0 amide bonds. The highest BCUT2D eigenvalue weighted by atomic mass is 32.2. The van der Waals surface area contributed by atoms with Crippen LogP contribution in [0.2, 0.25) is 0 Å². The largest absolute Gasteiger partial charge is 0.382 e. The molecule has 1 fully saturated rings. The van der Waals surface area contributed by atoms with Crippen molar-refractivity contribution < 1.29 is 0 Å². The molecule has 0 radical (unpaired) electrons. The van der Waals surface area contributed by atoms with Crippen LogP contribution in [0, 0.1) is 11.3 Å². The van der Waals surface area contributed by atoms with Crippen LogP contribution in [0.3, 0.4) is 0 Å². The molecule has 1 aromatic rings. The van der Waals surface area contributed by atoms with Crippen LogP contribution >= 0.6 is 11.8 Å². The van der Waals surface area contributed by atoms with E-state index >= 15 is 0 Å². The van der Waals surface area contributed by atoms with E-state index < -0.39 is 0 Å². The van der Waals surface area contributed by atoms with Gasteiger partial charge in [-0.3, -0.25) is 0 Å². The third-order valence-corrected chi connectivity index (χ3v) is 4.21. The number of anilines is 1. The molecule has 0 saturated heterocycles. The maximum Gasteiger partial charge on any atom is 0.190 e. The van der Waals surface area contributed by atoms with Crippen molar-refractivity contribution in [2.24, 2.45) is 0 Å². The van der Waals surface area contributed by atoms with E-state index in [4.69, 9.17) is 11.0 Å². The molecule has 2 rings (SSSR count). The summed E-state index contributed by atoms with van der Waals surface area (Å²) in [4.78, 5) is 8.66. The van der Waals surface area contributed by atoms with E-state index in [0.717, 1.165) is 10.9 Å². The lowest BCUT2D eigenvalue weighted by atomic mass is 10.2. The number of nitrogens with two attached hydrogens (primary N) is 1. The minimum atomic E-state index is 0.319. The quantitative estimate of drug-likeness (QED) is 0.832. The van der Waals surface area contributed by atoms with Crippen LogP contribution in [0.25, 0.3) is 0 Å². The predicted octanol–water partition coefficient (Wildman–Crippen LogP) is 2.53. The van der Waals surface area contributed by atoms with E-state index in [1.165, 1.54) is 25.7 Å². The number of nitrogen functional groups attached to an aromatic ring is 1. The number of hydrogen-bond donors (Lipinski definition) is 1. The molecule has 5 heteroatoms. The van der Waals surface area contributed by atoms with Crippen molar-refractivity contribution >= 4 is 17.6 Å². The summed E-state index contributed by atoms with van der Waals surface area (Å²) in [7, 11) is 0. The number of rotatable bonds is 3. The van der Waals surface area contributed by atoms with Gasteiger partial charge in [-0.25, -0.2) is 9.97 Å². The summed E-state index contributed by atoms with van der Waals surface area (Å²) < 4.78 is 0. The number of nitriles is 1. The topological polar surface area (TPSA) is 75.6 Å². The summed E-state index contributed by atoms with van der Waals surface area (Å²) in [5.74, 6) is 0.319. The summed E-state index contributed by atoms with van der Waals surface area (Å²) in [6.45, 7) is 1.98. The highest BCUT2D eigenvalue weighted by molar-refractivity contribution is 7.99. The fraction of sp³-hybridized carbons (Fsp3) is 0.583. The van der Waals surface area contributed by atoms with Crippen LogP contribution in [-0.4, -0.2) is 15.2 Å². The fourth-order valence-corrected chi connectivity index (χ4v) is 3.27. The summed E-state index contributed by atoms with van der Waals surface area (Å²) >= 11 is 1.70.